The van der Waals surface area contributed by atoms with Gasteiger partial charge in [-0.1, -0.05) is 20.8 Å². The Bertz CT molecular complexity index is 91.3. The van der Waals surface area contributed by atoms with Crippen molar-refractivity contribution in [2.24, 2.45) is 17.1 Å². The standard InChI is InChI=1S/C8H19NS/c1-7(5-10)4-8(2,3)6-9/h7,10H,4-6,9H2,1-3H3. The highest BCUT2D eigenvalue weighted by atomic mass is 32.1. The number of thiol groups is 1. The highest BCUT2D eigenvalue weighted by Gasteiger charge is 2.17. The lowest BCUT2D eigenvalue weighted by molar-refractivity contribution is 0.300. The second-order valence-electron chi connectivity index (χ2n) is 3.86. The van der Waals surface area contributed by atoms with Crippen LogP contribution in [0.4, 0.5) is 0 Å². The van der Waals surface area contributed by atoms with Gasteiger partial charge in [0.1, 0.15) is 0 Å². The van der Waals surface area contributed by atoms with Crippen LogP contribution in [0.3, 0.4) is 0 Å². The molecular weight excluding hydrogens is 142 g/mol. The predicted octanol–water partition coefficient (Wildman–Crippen LogP) is 1.93. The van der Waals surface area contributed by atoms with Gasteiger partial charge >= 0.3 is 0 Å². The van der Waals surface area contributed by atoms with Gasteiger partial charge in [-0.15, -0.1) is 0 Å². The molecule has 0 spiro atoms. The van der Waals surface area contributed by atoms with Crippen molar-refractivity contribution in [2.75, 3.05) is 12.3 Å². The molecule has 0 aromatic carbocycles. The second-order valence-corrected chi connectivity index (χ2v) is 4.23. The maximum atomic E-state index is 5.58. The van der Waals surface area contributed by atoms with E-state index in [0.29, 0.717) is 11.3 Å². The molecule has 1 atom stereocenters. The van der Waals surface area contributed by atoms with E-state index >= 15 is 0 Å². The molecule has 0 aromatic rings. The van der Waals surface area contributed by atoms with Crippen molar-refractivity contribution >= 4 is 12.6 Å². The van der Waals surface area contributed by atoms with Gasteiger partial charge in [0.15, 0.2) is 0 Å². The molecule has 2 N–H and O–H groups in total. The zero-order valence-electron chi connectivity index (χ0n) is 7.22. The first kappa shape index (κ1) is 10.3. The molecule has 0 rings (SSSR count). The normalized spacial score (nSPS) is 15.3. The average Bonchev–Trinajstić information content (AvgIpc) is 1.87. The SMILES string of the molecule is CC(CS)CC(C)(C)CN. The zero-order chi connectivity index (χ0) is 8.20. The van der Waals surface area contributed by atoms with Gasteiger partial charge in [0.2, 0.25) is 0 Å². The first-order valence-corrected chi connectivity index (χ1v) is 4.46. The van der Waals surface area contributed by atoms with E-state index in [4.69, 9.17) is 5.73 Å². The number of nitrogens with two attached hydrogens (primary N) is 1. The highest BCUT2D eigenvalue weighted by Crippen LogP contribution is 2.23. The molecule has 0 heterocycles. The third kappa shape index (κ3) is 4.18. The molecule has 0 aliphatic heterocycles. The Hall–Kier alpha value is 0.310. The van der Waals surface area contributed by atoms with E-state index in [-0.39, 0.29) is 0 Å². The van der Waals surface area contributed by atoms with Crippen LogP contribution in [0.15, 0.2) is 0 Å². The van der Waals surface area contributed by atoms with Gasteiger partial charge in [-0.05, 0) is 30.1 Å². The van der Waals surface area contributed by atoms with Gasteiger partial charge < -0.3 is 5.73 Å². The van der Waals surface area contributed by atoms with Crippen LogP contribution in [-0.2, 0) is 0 Å². The van der Waals surface area contributed by atoms with Crippen molar-refractivity contribution in [1.82, 2.24) is 0 Å². The van der Waals surface area contributed by atoms with Gasteiger partial charge in [0.05, 0.1) is 0 Å². The van der Waals surface area contributed by atoms with Crippen molar-refractivity contribution in [2.45, 2.75) is 27.2 Å². The molecule has 0 amide bonds. The van der Waals surface area contributed by atoms with Crippen molar-refractivity contribution in [3.63, 3.8) is 0 Å². The van der Waals surface area contributed by atoms with E-state index < -0.39 is 0 Å². The second kappa shape index (κ2) is 4.24. The summed E-state index contributed by atoms with van der Waals surface area (Å²) in [5.74, 6) is 1.64. The van der Waals surface area contributed by atoms with Gasteiger partial charge in [-0.2, -0.15) is 12.6 Å². The fourth-order valence-electron chi connectivity index (χ4n) is 1.09. The Balaban J connectivity index is 3.64. The average molecular weight is 161 g/mol. The van der Waals surface area contributed by atoms with Crippen LogP contribution in [-0.4, -0.2) is 12.3 Å². The minimum absolute atomic E-state index is 0.294. The third-order valence-electron chi connectivity index (χ3n) is 1.77. The van der Waals surface area contributed by atoms with E-state index in [1.165, 1.54) is 6.42 Å². The van der Waals surface area contributed by atoms with Gasteiger partial charge in [0, 0.05) is 0 Å². The summed E-state index contributed by atoms with van der Waals surface area (Å²) in [6, 6.07) is 0. The van der Waals surface area contributed by atoms with Crippen LogP contribution in [0.1, 0.15) is 27.2 Å². The molecule has 62 valence electrons. The highest BCUT2D eigenvalue weighted by molar-refractivity contribution is 7.80. The van der Waals surface area contributed by atoms with Gasteiger partial charge in [0.25, 0.3) is 0 Å². The van der Waals surface area contributed by atoms with E-state index in [2.05, 4.69) is 33.4 Å². The molecule has 0 bridgehead atoms. The summed E-state index contributed by atoms with van der Waals surface area (Å²) >= 11 is 4.23. The maximum Gasteiger partial charge on any atom is -0.00257 e. The van der Waals surface area contributed by atoms with Crippen molar-refractivity contribution in [1.29, 1.82) is 0 Å². The Kier molecular flexibility index (Phi) is 4.37. The smallest absolute Gasteiger partial charge is 0.00257 e. The minimum Gasteiger partial charge on any atom is -0.330 e. The Morgan fingerprint density at radius 1 is 1.50 bits per heavy atom. The molecule has 0 fully saturated rings. The summed E-state index contributed by atoms with van der Waals surface area (Å²) in [7, 11) is 0. The summed E-state index contributed by atoms with van der Waals surface area (Å²) in [5.41, 5.74) is 5.88. The summed E-state index contributed by atoms with van der Waals surface area (Å²) in [6.07, 6.45) is 1.17. The Morgan fingerprint density at radius 3 is 2.30 bits per heavy atom. The van der Waals surface area contributed by atoms with E-state index in [9.17, 15) is 0 Å². The first-order valence-electron chi connectivity index (χ1n) is 3.83. The van der Waals surface area contributed by atoms with Gasteiger partial charge in [-0.25, -0.2) is 0 Å². The summed E-state index contributed by atoms with van der Waals surface area (Å²) in [5, 5.41) is 0. The van der Waals surface area contributed by atoms with Crippen LogP contribution in [0.5, 0.6) is 0 Å². The Labute approximate surface area is 69.8 Å². The molecule has 0 aromatic heterocycles. The summed E-state index contributed by atoms with van der Waals surface area (Å²) in [6.45, 7) is 7.38. The number of hydrogen-bond acceptors (Lipinski definition) is 2. The lowest BCUT2D eigenvalue weighted by atomic mass is 9.84. The molecule has 10 heavy (non-hydrogen) atoms. The third-order valence-corrected chi connectivity index (χ3v) is 2.39. The fraction of sp³-hybridized carbons (Fsp3) is 1.00. The summed E-state index contributed by atoms with van der Waals surface area (Å²) < 4.78 is 0. The first-order chi connectivity index (χ1) is 4.52. The Morgan fingerprint density at radius 2 is 2.00 bits per heavy atom. The number of rotatable bonds is 4. The molecule has 2 heteroatoms. The number of hydrogen-bond donors (Lipinski definition) is 2. The summed E-state index contributed by atoms with van der Waals surface area (Å²) in [4.78, 5) is 0. The molecule has 0 aliphatic carbocycles. The molecule has 0 radical (unpaired) electrons. The van der Waals surface area contributed by atoms with Crippen LogP contribution in [0.25, 0.3) is 0 Å². The van der Waals surface area contributed by atoms with Crippen molar-refractivity contribution < 1.29 is 0 Å². The van der Waals surface area contributed by atoms with Crippen LogP contribution >= 0.6 is 12.6 Å². The predicted molar refractivity (Wildman–Crippen MR) is 50.5 cm³/mol. The van der Waals surface area contributed by atoms with Crippen LogP contribution < -0.4 is 5.73 Å². The largest absolute Gasteiger partial charge is 0.330 e. The van der Waals surface area contributed by atoms with E-state index in [1.807, 2.05) is 0 Å². The lowest BCUT2D eigenvalue weighted by Crippen LogP contribution is -2.26. The van der Waals surface area contributed by atoms with E-state index in [1.54, 1.807) is 0 Å². The monoisotopic (exact) mass is 161 g/mol. The van der Waals surface area contributed by atoms with Crippen LogP contribution in [0, 0.1) is 11.3 Å². The van der Waals surface area contributed by atoms with Gasteiger partial charge in [-0.3, -0.25) is 0 Å². The van der Waals surface area contributed by atoms with E-state index in [0.717, 1.165) is 12.3 Å². The molecule has 0 saturated carbocycles. The topological polar surface area (TPSA) is 26.0 Å². The fourth-order valence-corrected chi connectivity index (χ4v) is 1.22. The van der Waals surface area contributed by atoms with Crippen molar-refractivity contribution in [3.8, 4) is 0 Å². The minimum atomic E-state index is 0.294. The molecule has 0 aliphatic rings. The molecule has 0 saturated heterocycles. The zero-order valence-corrected chi connectivity index (χ0v) is 8.12. The van der Waals surface area contributed by atoms with Crippen molar-refractivity contribution in [3.05, 3.63) is 0 Å². The quantitative estimate of drug-likeness (QED) is 0.605. The molecular formula is C8H19NS. The lowest BCUT2D eigenvalue weighted by Gasteiger charge is -2.25. The maximum absolute atomic E-state index is 5.58. The van der Waals surface area contributed by atoms with Crippen LogP contribution in [0.2, 0.25) is 0 Å². The molecule has 1 unspecified atom stereocenters. The molecule has 1 nitrogen and oxygen atoms in total.